The van der Waals surface area contributed by atoms with Crippen molar-refractivity contribution < 1.29 is 9.90 Å². The van der Waals surface area contributed by atoms with Crippen LogP contribution in [0.5, 0.6) is 5.75 Å². The van der Waals surface area contributed by atoms with Crippen molar-refractivity contribution in [2.24, 2.45) is 0 Å². The fraction of sp³-hybridized carbons (Fsp3) is 0.619. The number of piperidine rings is 1. The summed E-state index contributed by atoms with van der Waals surface area (Å²) in [6.45, 7) is 9.74. The molecule has 0 spiro atoms. The SMILES string of the molecule is CC(C)n1c(=O)c(C(=O)NCCCN2[C@H](C)CCC[C@@H]2C)c(O)c2ccsc21.Cl. The van der Waals surface area contributed by atoms with E-state index in [-0.39, 0.29) is 29.8 Å². The standard InChI is InChI=1S/C21H31N3O3S.ClH/c1-13(2)24-20(27)17(18(25)16-9-12-28-21(16)24)19(26)22-10-6-11-23-14(3)7-5-8-15(23)4;/h9,12-15,25H,5-8,10-11H2,1-4H3,(H,22,26);1H/t14-,15+;. The Morgan fingerprint density at radius 2 is 1.97 bits per heavy atom. The van der Waals surface area contributed by atoms with Gasteiger partial charge in [0, 0.05) is 31.2 Å². The van der Waals surface area contributed by atoms with Crippen molar-refractivity contribution in [3.8, 4) is 5.75 Å². The number of likely N-dealkylation sites (tertiary alicyclic amines) is 1. The molecule has 1 fully saturated rings. The van der Waals surface area contributed by atoms with Crippen molar-refractivity contribution in [1.29, 1.82) is 0 Å². The fourth-order valence-electron chi connectivity index (χ4n) is 4.26. The number of fused-ring (bicyclic) bond motifs is 1. The number of carbonyl (C=O) groups excluding carboxylic acids is 1. The van der Waals surface area contributed by atoms with Gasteiger partial charge in [-0.1, -0.05) is 6.42 Å². The third kappa shape index (κ3) is 4.78. The Labute approximate surface area is 182 Å². The average Bonchev–Trinajstić information content (AvgIpc) is 3.10. The molecular weight excluding hydrogens is 410 g/mol. The highest BCUT2D eigenvalue weighted by Gasteiger charge is 2.25. The number of nitrogens with one attached hydrogen (secondary N) is 1. The van der Waals surface area contributed by atoms with Gasteiger partial charge in [-0.25, -0.2) is 0 Å². The van der Waals surface area contributed by atoms with E-state index in [1.54, 1.807) is 10.6 Å². The topological polar surface area (TPSA) is 74.6 Å². The molecular formula is C21H32ClN3O3S. The monoisotopic (exact) mass is 441 g/mol. The maximum Gasteiger partial charge on any atom is 0.268 e. The number of pyridine rings is 1. The second-order valence-electron chi connectivity index (χ2n) is 8.11. The molecule has 6 nitrogen and oxygen atoms in total. The molecule has 0 bridgehead atoms. The van der Waals surface area contributed by atoms with Gasteiger partial charge in [0.25, 0.3) is 11.5 Å². The summed E-state index contributed by atoms with van der Waals surface area (Å²) in [6.07, 6.45) is 4.54. The number of hydrogen-bond donors (Lipinski definition) is 2. The van der Waals surface area contributed by atoms with Gasteiger partial charge in [0.1, 0.15) is 16.1 Å². The molecule has 8 heteroatoms. The lowest BCUT2D eigenvalue weighted by Gasteiger charge is -2.39. The van der Waals surface area contributed by atoms with Crippen molar-refractivity contribution in [3.05, 3.63) is 27.4 Å². The number of thiophene rings is 1. The predicted molar refractivity (Wildman–Crippen MR) is 122 cm³/mol. The third-order valence-corrected chi connectivity index (χ3v) is 6.70. The number of halogens is 1. The molecule has 2 N–H and O–H groups in total. The van der Waals surface area contributed by atoms with Crippen LogP contribution >= 0.6 is 23.7 Å². The molecule has 1 saturated heterocycles. The number of nitrogens with zero attached hydrogens (tertiary/aromatic N) is 2. The first kappa shape index (κ1) is 23.7. The van der Waals surface area contributed by atoms with E-state index in [0.717, 1.165) is 13.0 Å². The number of rotatable bonds is 6. The van der Waals surface area contributed by atoms with E-state index in [1.807, 2.05) is 19.2 Å². The lowest BCUT2D eigenvalue weighted by atomic mass is 9.97. The van der Waals surface area contributed by atoms with Gasteiger partial charge in [-0.05, 0) is 58.4 Å². The molecule has 2 atom stereocenters. The molecule has 1 aliphatic heterocycles. The molecule has 1 aliphatic rings. The van der Waals surface area contributed by atoms with E-state index in [2.05, 4.69) is 24.1 Å². The van der Waals surface area contributed by atoms with E-state index >= 15 is 0 Å². The number of aromatic nitrogens is 1. The summed E-state index contributed by atoms with van der Waals surface area (Å²) in [5.74, 6) is -0.710. The lowest BCUT2D eigenvalue weighted by molar-refractivity contribution is 0.0922. The van der Waals surface area contributed by atoms with Crippen LogP contribution in [0, 0.1) is 0 Å². The molecule has 2 aromatic rings. The molecule has 0 aliphatic carbocycles. The van der Waals surface area contributed by atoms with E-state index in [9.17, 15) is 14.7 Å². The first-order valence-electron chi connectivity index (χ1n) is 10.2. The molecule has 3 rings (SSSR count). The van der Waals surface area contributed by atoms with Gasteiger partial charge in [-0.15, -0.1) is 23.7 Å². The zero-order valence-corrected chi connectivity index (χ0v) is 19.2. The van der Waals surface area contributed by atoms with Crippen LogP contribution in [0.3, 0.4) is 0 Å². The first-order valence-corrected chi connectivity index (χ1v) is 11.1. The molecule has 0 saturated carbocycles. The minimum absolute atomic E-state index is 0. The van der Waals surface area contributed by atoms with E-state index in [0.29, 0.717) is 28.8 Å². The second kappa shape index (κ2) is 9.96. The van der Waals surface area contributed by atoms with Gasteiger partial charge in [0.15, 0.2) is 0 Å². The van der Waals surface area contributed by atoms with Crippen LogP contribution in [0.25, 0.3) is 10.2 Å². The summed E-state index contributed by atoms with van der Waals surface area (Å²) in [5.41, 5.74) is -0.586. The Kier molecular flexibility index (Phi) is 8.14. The fourth-order valence-corrected chi connectivity index (χ4v) is 5.29. The molecule has 162 valence electrons. The number of hydrogen-bond acceptors (Lipinski definition) is 5. The Hall–Kier alpha value is -1.57. The lowest BCUT2D eigenvalue weighted by Crippen LogP contribution is -2.45. The van der Waals surface area contributed by atoms with Gasteiger partial charge in [0.2, 0.25) is 0 Å². The highest BCUT2D eigenvalue weighted by Crippen LogP contribution is 2.31. The van der Waals surface area contributed by atoms with Gasteiger partial charge in [0.05, 0.1) is 5.39 Å². The Balaban J connectivity index is 0.00000300. The van der Waals surface area contributed by atoms with Gasteiger partial charge < -0.3 is 10.4 Å². The van der Waals surface area contributed by atoms with Crippen LogP contribution in [-0.2, 0) is 0 Å². The maximum absolute atomic E-state index is 12.9. The minimum atomic E-state index is -0.496. The predicted octanol–water partition coefficient (Wildman–Crippen LogP) is 4.15. The molecule has 3 heterocycles. The summed E-state index contributed by atoms with van der Waals surface area (Å²) in [7, 11) is 0. The van der Waals surface area contributed by atoms with Gasteiger partial charge in [-0.3, -0.25) is 19.1 Å². The number of carbonyl (C=O) groups is 1. The summed E-state index contributed by atoms with van der Waals surface area (Å²) in [6, 6.07) is 2.80. The van der Waals surface area contributed by atoms with E-state index in [4.69, 9.17) is 0 Å². The molecule has 0 radical (unpaired) electrons. The van der Waals surface area contributed by atoms with Crippen molar-refractivity contribution >= 4 is 39.9 Å². The summed E-state index contributed by atoms with van der Waals surface area (Å²) in [4.78, 5) is 28.8. The summed E-state index contributed by atoms with van der Waals surface area (Å²) < 4.78 is 1.59. The third-order valence-electron chi connectivity index (χ3n) is 5.79. The largest absolute Gasteiger partial charge is 0.506 e. The quantitative estimate of drug-likeness (QED) is 0.660. The first-order chi connectivity index (χ1) is 13.3. The molecule has 2 aromatic heterocycles. The molecule has 0 unspecified atom stereocenters. The molecule has 29 heavy (non-hydrogen) atoms. The van der Waals surface area contributed by atoms with E-state index in [1.165, 1.54) is 30.6 Å². The summed E-state index contributed by atoms with van der Waals surface area (Å²) >= 11 is 1.39. The van der Waals surface area contributed by atoms with Gasteiger partial charge >= 0.3 is 0 Å². The Morgan fingerprint density at radius 1 is 1.31 bits per heavy atom. The van der Waals surface area contributed by atoms with Crippen LogP contribution in [0.1, 0.15) is 69.8 Å². The number of aromatic hydroxyl groups is 1. The smallest absolute Gasteiger partial charge is 0.268 e. The normalized spacial score (nSPS) is 20.0. The van der Waals surface area contributed by atoms with Crippen LogP contribution in [0.15, 0.2) is 16.2 Å². The average molecular weight is 442 g/mol. The van der Waals surface area contributed by atoms with Crippen molar-refractivity contribution in [2.45, 2.75) is 71.5 Å². The van der Waals surface area contributed by atoms with Crippen molar-refractivity contribution in [3.63, 3.8) is 0 Å². The number of amides is 1. The van der Waals surface area contributed by atoms with E-state index < -0.39 is 11.5 Å². The van der Waals surface area contributed by atoms with Crippen molar-refractivity contribution in [1.82, 2.24) is 14.8 Å². The molecule has 1 amide bonds. The van der Waals surface area contributed by atoms with Crippen LogP contribution in [0.4, 0.5) is 0 Å². The Bertz CT molecular complexity index is 898. The van der Waals surface area contributed by atoms with Crippen molar-refractivity contribution in [2.75, 3.05) is 13.1 Å². The Morgan fingerprint density at radius 3 is 2.59 bits per heavy atom. The van der Waals surface area contributed by atoms with Gasteiger partial charge in [-0.2, -0.15) is 0 Å². The maximum atomic E-state index is 12.9. The van der Waals surface area contributed by atoms with Crippen LogP contribution in [0.2, 0.25) is 0 Å². The zero-order valence-electron chi connectivity index (χ0n) is 17.6. The van der Waals surface area contributed by atoms with Crippen LogP contribution < -0.4 is 10.9 Å². The van der Waals surface area contributed by atoms with Crippen LogP contribution in [-0.4, -0.2) is 45.7 Å². The highest BCUT2D eigenvalue weighted by molar-refractivity contribution is 7.16. The zero-order chi connectivity index (χ0) is 20.4. The minimum Gasteiger partial charge on any atom is -0.506 e. The summed E-state index contributed by atoms with van der Waals surface area (Å²) in [5, 5.41) is 15.8. The highest BCUT2D eigenvalue weighted by atomic mass is 35.5. The molecule has 0 aromatic carbocycles. The second-order valence-corrected chi connectivity index (χ2v) is 9.00.